The Kier molecular flexibility index (Phi) is 59.6. The Balaban J connectivity index is 5.25. The van der Waals surface area contributed by atoms with E-state index in [1.165, 1.54) is 161 Å². The monoisotopic (exact) mass is 1310 g/mol. The molecule has 0 aromatic heterocycles. The van der Waals surface area contributed by atoms with Crippen LogP contribution in [0.1, 0.15) is 350 Å². The molecule has 0 aromatic carbocycles. The van der Waals surface area contributed by atoms with Gasteiger partial charge in [0, 0.05) is 25.7 Å². The summed E-state index contributed by atoms with van der Waals surface area (Å²) in [5.74, 6) is 0.126. The number of phosphoric acid groups is 2. The highest BCUT2D eigenvalue weighted by Crippen LogP contribution is 2.45. The zero-order valence-corrected chi connectivity index (χ0v) is 59.7. The lowest BCUT2D eigenvalue weighted by atomic mass is 10.0. The van der Waals surface area contributed by atoms with Gasteiger partial charge in [-0.1, -0.05) is 299 Å². The van der Waals surface area contributed by atoms with Gasteiger partial charge >= 0.3 is 39.5 Å². The molecule has 0 aliphatic heterocycles. The van der Waals surface area contributed by atoms with Crippen LogP contribution in [0, 0.1) is 17.8 Å². The second-order valence-electron chi connectivity index (χ2n) is 26.7. The predicted molar refractivity (Wildman–Crippen MR) is 358 cm³/mol. The molecule has 3 N–H and O–H groups in total. The standard InChI is InChI=1S/C70H136O17P2/c1-8-9-10-11-12-13-22-30-37-44-51-67(72)80-58-66(87-70(75)54-47-40-33-26-25-29-36-43-50-63(6)7)60-85-89(78,79)83-56-64(71)55-82-88(76,77)84-59-65(57-81-68(73)52-45-38-31-23-19-18-21-28-35-42-49-62(4)5)86-69(74)53-46-39-32-24-17-15-14-16-20-27-34-41-48-61(2)3/h61-66,71H,8-60H2,1-7H3,(H,76,77)(H,78,79)/t64-,65-,66-/m1/s1. The number of aliphatic hydroxyl groups is 1. The minimum absolute atomic E-state index is 0.104. The SMILES string of the molecule is CCCCCCCCCCCCC(=O)OC[C@H](COP(=O)(O)OC[C@H](O)COP(=O)(O)OC[C@@H](COC(=O)CCCCCCCCCCCCC(C)C)OC(=O)CCCCCCCCCCCCCCC(C)C)OC(=O)CCCCCCCCCCC(C)C. The molecule has 5 atom stereocenters. The zero-order chi connectivity index (χ0) is 65.9. The molecule has 0 spiro atoms. The van der Waals surface area contributed by atoms with Crippen LogP contribution >= 0.6 is 15.6 Å². The van der Waals surface area contributed by atoms with Crippen LogP contribution in [0.25, 0.3) is 0 Å². The lowest BCUT2D eigenvalue weighted by molar-refractivity contribution is -0.161. The summed E-state index contributed by atoms with van der Waals surface area (Å²) in [6.45, 7) is 11.8. The van der Waals surface area contributed by atoms with E-state index in [0.717, 1.165) is 108 Å². The van der Waals surface area contributed by atoms with Crippen molar-refractivity contribution in [1.29, 1.82) is 0 Å². The molecule has 0 aliphatic carbocycles. The minimum Gasteiger partial charge on any atom is -0.462 e. The number of hydrogen-bond donors (Lipinski definition) is 3. The number of aliphatic hydroxyl groups excluding tert-OH is 1. The van der Waals surface area contributed by atoms with Crippen LogP contribution < -0.4 is 0 Å². The van der Waals surface area contributed by atoms with Gasteiger partial charge in [0.15, 0.2) is 12.2 Å². The fraction of sp³-hybridized carbons (Fsp3) is 0.943. The molecule has 0 aliphatic rings. The van der Waals surface area contributed by atoms with Gasteiger partial charge in [-0.15, -0.1) is 0 Å². The maximum absolute atomic E-state index is 13.0. The molecule has 0 rings (SSSR count). The number of ether oxygens (including phenoxy) is 4. The fourth-order valence-corrected chi connectivity index (χ4v) is 12.1. The van der Waals surface area contributed by atoms with Crippen molar-refractivity contribution >= 4 is 39.5 Å². The number of carbonyl (C=O) groups excluding carboxylic acids is 4. The summed E-state index contributed by atoms with van der Waals surface area (Å²) in [6, 6.07) is 0. The van der Waals surface area contributed by atoms with Crippen molar-refractivity contribution in [3.8, 4) is 0 Å². The van der Waals surface area contributed by atoms with E-state index in [4.69, 9.17) is 37.0 Å². The molecule has 0 radical (unpaired) electrons. The third-order valence-electron chi connectivity index (χ3n) is 16.1. The van der Waals surface area contributed by atoms with E-state index < -0.39 is 97.5 Å². The normalized spacial score (nSPS) is 14.2. The highest BCUT2D eigenvalue weighted by atomic mass is 31.2. The summed E-state index contributed by atoms with van der Waals surface area (Å²) in [5, 5.41) is 10.6. The molecule has 0 saturated carbocycles. The number of phosphoric ester groups is 2. The van der Waals surface area contributed by atoms with E-state index >= 15 is 0 Å². The van der Waals surface area contributed by atoms with Crippen LogP contribution in [0.15, 0.2) is 0 Å². The van der Waals surface area contributed by atoms with Gasteiger partial charge in [-0.2, -0.15) is 0 Å². The number of esters is 4. The Hall–Kier alpha value is -1.94. The average molecular weight is 1310 g/mol. The minimum atomic E-state index is -4.95. The van der Waals surface area contributed by atoms with Crippen molar-refractivity contribution in [2.75, 3.05) is 39.6 Å². The van der Waals surface area contributed by atoms with Crippen LogP contribution in [0.4, 0.5) is 0 Å². The lowest BCUT2D eigenvalue weighted by Crippen LogP contribution is -2.30. The van der Waals surface area contributed by atoms with Crippen LogP contribution in [0.3, 0.4) is 0 Å². The molecule has 17 nitrogen and oxygen atoms in total. The van der Waals surface area contributed by atoms with E-state index in [2.05, 4.69) is 48.5 Å². The first kappa shape index (κ1) is 87.1. The second-order valence-corrected chi connectivity index (χ2v) is 29.6. The van der Waals surface area contributed by atoms with Crippen molar-refractivity contribution < 1.29 is 80.2 Å². The molecule has 89 heavy (non-hydrogen) atoms. The smallest absolute Gasteiger partial charge is 0.462 e. The van der Waals surface area contributed by atoms with Gasteiger partial charge < -0.3 is 33.8 Å². The number of unbranched alkanes of at least 4 members (excludes halogenated alkanes) is 36. The van der Waals surface area contributed by atoms with Crippen molar-refractivity contribution in [3.05, 3.63) is 0 Å². The maximum atomic E-state index is 13.0. The highest BCUT2D eigenvalue weighted by molar-refractivity contribution is 7.47. The molecule has 0 fully saturated rings. The third-order valence-corrected chi connectivity index (χ3v) is 18.0. The molecular formula is C70H136O17P2. The van der Waals surface area contributed by atoms with Gasteiger partial charge in [0.25, 0.3) is 0 Å². The number of rotatable bonds is 68. The summed E-state index contributed by atoms with van der Waals surface area (Å²) in [5.41, 5.74) is 0. The van der Waals surface area contributed by atoms with E-state index in [1.807, 2.05) is 0 Å². The highest BCUT2D eigenvalue weighted by Gasteiger charge is 2.30. The van der Waals surface area contributed by atoms with Crippen LogP contribution in [-0.2, 0) is 65.4 Å². The molecule has 19 heteroatoms. The van der Waals surface area contributed by atoms with E-state index in [9.17, 15) is 43.2 Å². The van der Waals surface area contributed by atoms with Gasteiger partial charge in [0.1, 0.15) is 19.3 Å². The summed E-state index contributed by atoms with van der Waals surface area (Å²) < 4.78 is 68.3. The first-order valence-corrected chi connectivity index (χ1v) is 39.3. The predicted octanol–water partition coefficient (Wildman–Crippen LogP) is 19.8. The Morgan fingerprint density at radius 3 is 0.764 bits per heavy atom. The molecule has 2 unspecified atom stereocenters. The number of carbonyl (C=O) groups is 4. The Bertz CT molecular complexity index is 1750. The third kappa shape index (κ3) is 64.6. The molecule has 0 amide bonds. The van der Waals surface area contributed by atoms with Gasteiger partial charge in [-0.25, -0.2) is 9.13 Å². The first-order valence-electron chi connectivity index (χ1n) is 36.3. The topological polar surface area (TPSA) is 237 Å². The van der Waals surface area contributed by atoms with Crippen molar-refractivity contribution in [2.24, 2.45) is 17.8 Å². The van der Waals surface area contributed by atoms with Crippen molar-refractivity contribution in [2.45, 2.75) is 369 Å². The van der Waals surface area contributed by atoms with E-state index in [0.29, 0.717) is 25.7 Å². The Morgan fingerprint density at radius 1 is 0.303 bits per heavy atom. The lowest BCUT2D eigenvalue weighted by Gasteiger charge is -2.21. The zero-order valence-electron chi connectivity index (χ0n) is 57.9. The van der Waals surface area contributed by atoms with Crippen molar-refractivity contribution in [1.82, 2.24) is 0 Å². The molecule has 0 aromatic rings. The van der Waals surface area contributed by atoms with Crippen LogP contribution in [-0.4, -0.2) is 96.7 Å². The van der Waals surface area contributed by atoms with Gasteiger partial charge in [-0.3, -0.25) is 37.3 Å². The molecule has 0 bridgehead atoms. The molecule has 528 valence electrons. The number of hydrogen-bond acceptors (Lipinski definition) is 15. The first-order chi connectivity index (χ1) is 42.7. The molecular weight excluding hydrogens is 1170 g/mol. The molecule has 0 heterocycles. The van der Waals surface area contributed by atoms with Gasteiger partial charge in [0.2, 0.25) is 0 Å². The second kappa shape index (κ2) is 61.0. The fourth-order valence-electron chi connectivity index (χ4n) is 10.5. The summed E-state index contributed by atoms with van der Waals surface area (Å²) in [7, 11) is -9.90. The quantitative estimate of drug-likeness (QED) is 0.0222. The van der Waals surface area contributed by atoms with Crippen molar-refractivity contribution in [3.63, 3.8) is 0 Å². The van der Waals surface area contributed by atoms with E-state index in [-0.39, 0.29) is 25.7 Å². The van der Waals surface area contributed by atoms with E-state index in [1.54, 1.807) is 0 Å². The summed E-state index contributed by atoms with van der Waals surface area (Å²) in [6.07, 6.45) is 44.4. The van der Waals surface area contributed by atoms with Crippen LogP contribution in [0.2, 0.25) is 0 Å². The Morgan fingerprint density at radius 2 is 0.517 bits per heavy atom. The van der Waals surface area contributed by atoms with Gasteiger partial charge in [-0.05, 0) is 43.4 Å². The Labute approximate surface area is 543 Å². The van der Waals surface area contributed by atoms with Gasteiger partial charge in [0.05, 0.1) is 26.4 Å². The maximum Gasteiger partial charge on any atom is 0.472 e. The largest absolute Gasteiger partial charge is 0.472 e. The molecule has 0 saturated heterocycles. The average Bonchev–Trinajstić information content (AvgIpc) is 3.70. The summed E-state index contributed by atoms with van der Waals surface area (Å²) in [4.78, 5) is 72.5. The summed E-state index contributed by atoms with van der Waals surface area (Å²) >= 11 is 0. The van der Waals surface area contributed by atoms with Crippen LogP contribution in [0.5, 0.6) is 0 Å².